The molecule has 15 heavy (non-hydrogen) atoms. The number of amides is 1. The molecule has 2 N–H and O–H groups in total. The normalized spacial score (nSPS) is 11.1. The van der Waals surface area contributed by atoms with Crippen LogP contribution in [-0.2, 0) is 4.79 Å². The summed E-state index contributed by atoms with van der Waals surface area (Å²) in [6, 6.07) is 0. The molecule has 1 amide bonds. The van der Waals surface area contributed by atoms with Gasteiger partial charge in [-0.25, -0.2) is 8.78 Å². The quantitative estimate of drug-likeness (QED) is 0.660. The molecule has 0 bridgehead atoms. The molecule has 0 aliphatic rings. The number of hydrogen-bond acceptors (Lipinski definition) is 3. The van der Waals surface area contributed by atoms with E-state index in [2.05, 4.69) is 0 Å². The molecule has 0 saturated carbocycles. The summed E-state index contributed by atoms with van der Waals surface area (Å²) in [5, 5.41) is 0. The lowest BCUT2D eigenvalue weighted by Crippen LogP contribution is -2.36. The molecule has 0 aliphatic heterocycles. The van der Waals surface area contributed by atoms with Crippen LogP contribution in [0.4, 0.5) is 8.78 Å². The minimum Gasteiger partial charge on any atom is -0.349 e. The van der Waals surface area contributed by atoms with Crippen LogP contribution in [0, 0.1) is 0 Å². The van der Waals surface area contributed by atoms with Gasteiger partial charge in [0, 0.05) is 40.2 Å². The number of hydrogen-bond donors (Lipinski definition) is 1. The van der Waals surface area contributed by atoms with Gasteiger partial charge in [0.2, 0.25) is 5.91 Å². The fourth-order valence-corrected chi connectivity index (χ4v) is 1.15. The molecule has 0 aromatic rings. The van der Waals surface area contributed by atoms with Gasteiger partial charge in [0.25, 0.3) is 6.43 Å². The van der Waals surface area contributed by atoms with Crippen LogP contribution < -0.4 is 5.73 Å². The molecule has 6 heteroatoms. The van der Waals surface area contributed by atoms with Crippen molar-refractivity contribution in [2.24, 2.45) is 5.73 Å². The molecule has 4 nitrogen and oxygen atoms in total. The van der Waals surface area contributed by atoms with E-state index in [-0.39, 0.29) is 18.9 Å². The Kier molecular flexibility index (Phi) is 7.15. The predicted molar refractivity (Wildman–Crippen MR) is 54.8 cm³/mol. The van der Waals surface area contributed by atoms with Crippen LogP contribution in [0.25, 0.3) is 0 Å². The Balaban J connectivity index is 3.89. The van der Waals surface area contributed by atoms with Gasteiger partial charge in [-0.2, -0.15) is 0 Å². The average Bonchev–Trinajstić information content (AvgIpc) is 2.13. The van der Waals surface area contributed by atoms with Crippen LogP contribution in [0.1, 0.15) is 6.42 Å². The fraction of sp³-hybridized carbons (Fsp3) is 0.889. The second-order valence-corrected chi connectivity index (χ2v) is 3.52. The Morgan fingerprint density at radius 3 is 2.33 bits per heavy atom. The van der Waals surface area contributed by atoms with Crippen LogP contribution in [0.15, 0.2) is 0 Å². The smallest absolute Gasteiger partial charge is 0.251 e. The lowest BCUT2D eigenvalue weighted by atomic mass is 10.3. The highest BCUT2D eigenvalue weighted by Crippen LogP contribution is 2.00. The van der Waals surface area contributed by atoms with E-state index in [4.69, 9.17) is 5.73 Å². The molecule has 0 spiro atoms. The summed E-state index contributed by atoms with van der Waals surface area (Å²) in [6.45, 7) is 0.727. The van der Waals surface area contributed by atoms with Crippen LogP contribution in [0.3, 0.4) is 0 Å². The monoisotopic (exact) mass is 223 g/mol. The van der Waals surface area contributed by atoms with Crippen molar-refractivity contribution in [2.75, 3.05) is 40.3 Å². The summed E-state index contributed by atoms with van der Waals surface area (Å²) in [6.07, 6.45) is -2.13. The largest absolute Gasteiger partial charge is 0.349 e. The van der Waals surface area contributed by atoms with Crippen molar-refractivity contribution in [3.8, 4) is 0 Å². The van der Waals surface area contributed by atoms with Gasteiger partial charge in [0.15, 0.2) is 0 Å². The number of nitrogens with zero attached hydrogens (tertiary/aromatic N) is 2. The standard InChI is InChI=1S/C9H19F2N3O/c1-13(2)9(15)3-5-14(6-4-12)7-8(10)11/h8H,3-7,12H2,1-2H3. The van der Waals surface area contributed by atoms with Crippen LogP contribution >= 0.6 is 0 Å². The highest BCUT2D eigenvalue weighted by Gasteiger charge is 2.13. The fourth-order valence-electron chi connectivity index (χ4n) is 1.15. The van der Waals surface area contributed by atoms with Crippen molar-refractivity contribution in [1.29, 1.82) is 0 Å². The van der Waals surface area contributed by atoms with Crippen molar-refractivity contribution in [2.45, 2.75) is 12.8 Å². The maximum absolute atomic E-state index is 12.1. The molecule has 90 valence electrons. The SMILES string of the molecule is CN(C)C(=O)CCN(CCN)CC(F)F. The Hall–Kier alpha value is -0.750. The Labute approximate surface area is 89.0 Å². The van der Waals surface area contributed by atoms with Crippen molar-refractivity contribution in [3.05, 3.63) is 0 Å². The van der Waals surface area contributed by atoms with Crippen LogP contribution in [-0.4, -0.2) is 62.4 Å². The topological polar surface area (TPSA) is 49.6 Å². The van der Waals surface area contributed by atoms with Gasteiger partial charge in [-0.3, -0.25) is 9.69 Å². The zero-order chi connectivity index (χ0) is 11.8. The van der Waals surface area contributed by atoms with E-state index in [1.165, 1.54) is 9.80 Å². The number of halogens is 2. The number of alkyl halides is 2. The Morgan fingerprint density at radius 2 is 1.93 bits per heavy atom. The van der Waals surface area contributed by atoms with E-state index in [0.29, 0.717) is 19.6 Å². The molecule has 0 unspecified atom stereocenters. The van der Waals surface area contributed by atoms with E-state index < -0.39 is 6.43 Å². The second kappa shape index (κ2) is 7.53. The zero-order valence-electron chi connectivity index (χ0n) is 9.25. The molecule has 0 fully saturated rings. The molecule has 0 rings (SSSR count). The van der Waals surface area contributed by atoms with E-state index in [0.717, 1.165) is 0 Å². The molecular weight excluding hydrogens is 204 g/mol. The summed E-state index contributed by atoms with van der Waals surface area (Å²) >= 11 is 0. The summed E-state index contributed by atoms with van der Waals surface area (Å²) in [7, 11) is 3.28. The lowest BCUT2D eigenvalue weighted by Gasteiger charge is -2.21. The maximum atomic E-state index is 12.1. The summed E-state index contributed by atoms with van der Waals surface area (Å²) in [4.78, 5) is 14.2. The number of carbonyl (C=O) groups is 1. The first-order valence-corrected chi connectivity index (χ1v) is 4.88. The van der Waals surface area contributed by atoms with Gasteiger partial charge < -0.3 is 10.6 Å². The second-order valence-electron chi connectivity index (χ2n) is 3.52. The first-order chi connectivity index (χ1) is 6.97. The highest BCUT2D eigenvalue weighted by atomic mass is 19.3. The molecule has 0 atom stereocenters. The van der Waals surface area contributed by atoms with Crippen LogP contribution in [0.2, 0.25) is 0 Å². The highest BCUT2D eigenvalue weighted by molar-refractivity contribution is 5.75. The summed E-state index contributed by atoms with van der Waals surface area (Å²) in [5.74, 6) is -0.0636. The molecule has 0 aromatic carbocycles. The molecule has 0 saturated heterocycles. The molecule has 0 radical (unpaired) electrons. The van der Waals surface area contributed by atoms with Gasteiger partial charge >= 0.3 is 0 Å². The minimum absolute atomic E-state index is 0.0636. The Morgan fingerprint density at radius 1 is 1.33 bits per heavy atom. The van der Waals surface area contributed by atoms with Gasteiger partial charge in [-0.15, -0.1) is 0 Å². The maximum Gasteiger partial charge on any atom is 0.251 e. The number of rotatable bonds is 7. The average molecular weight is 223 g/mol. The lowest BCUT2D eigenvalue weighted by molar-refractivity contribution is -0.129. The predicted octanol–water partition coefficient (Wildman–Crippen LogP) is -0.00950. The van der Waals surface area contributed by atoms with E-state index in [1.54, 1.807) is 14.1 Å². The Bertz CT molecular complexity index is 188. The first kappa shape index (κ1) is 14.2. The zero-order valence-corrected chi connectivity index (χ0v) is 9.25. The molecule has 0 aliphatic carbocycles. The third-order valence-corrected chi connectivity index (χ3v) is 1.98. The summed E-state index contributed by atoms with van der Waals surface area (Å²) < 4.78 is 24.2. The molecule has 0 heterocycles. The van der Waals surface area contributed by atoms with E-state index in [1.807, 2.05) is 0 Å². The first-order valence-electron chi connectivity index (χ1n) is 4.88. The van der Waals surface area contributed by atoms with Crippen molar-refractivity contribution >= 4 is 5.91 Å². The van der Waals surface area contributed by atoms with Gasteiger partial charge in [0.05, 0.1) is 6.54 Å². The van der Waals surface area contributed by atoms with E-state index >= 15 is 0 Å². The third kappa shape index (κ3) is 7.21. The van der Waals surface area contributed by atoms with Crippen molar-refractivity contribution < 1.29 is 13.6 Å². The number of carbonyl (C=O) groups excluding carboxylic acids is 1. The minimum atomic E-state index is -2.38. The molecular formula is C9H19F2N3O. The summed E-state index contributed by atoms with van der Waals surface area (Å²) in [5.41, 5.74) is 5.29. The van der Waals surface area contributed by atoms with Gasteiger partial charge in [0.1, 0.15) is 0 Å². The molecule has 0 aromatic heterocycles. The van der Waals surface area contributed by atoms with Crippen molar-refractivity contribution in [3.63, 3.8) is 0 Å². The van der Waals surface area contributed by atoms with Crippen molar-refractivity contribution in [1.82, 2.24) is 9.80 Å². The van der Waals surface area contributed by atoms with Crippen LogP contribution in [0.5, 0.6) is 0 Å². The van der Waals surface area contributed by atoms with Gasteiger partial charge in [-0.05, 0) is 0 Å². The number of nitrogens with two attached hydrogens (primary N) is 1. The van der Waals surface area contributed by atoms with E-state index in [9.17, 15) is 13.6 Å². The van der Waals surface area contributed by atoms with Gasteiger partial charge in [-0.1, -0.05) is 0 Å². The third-order valence-electron chi connectivity index (χ3n) is 1.98.